The van der Waals surface area contributed by atoms with Gasteiger partial charge in [-0.05, 0) is 16.8 Å². The van der Waals surface area contributed by atoms with Crippen molar-refractivity contribution in [3.05, 3.63) is 0 Å². The van der Waals surface area contributed by atoms with Crippen LogP contribution >= 0.6 is 22.6 Å². The fraction of sp³-hybridized carbons (Fsp3) is 0.941. The Labute approximate surface area is 139 Å². The maximum Gasteiger partial charge on any atom is 0.303 e. The molecule has 20 heavy (non-hydrogen) atoms. The zero-order valence-corrected chi connectivity index (χ0v) is 15.4. The van der Waals surface area contributed by atoms with Crippen molar-refractivity contribution in [3.8, 4) is 0 Å². The van der Waals surface area contributed by atoms with Gasteiger partial charge in [-0.2, -0.15) is 0 Å². The van der Waals surface area contributed by atoms with Crippen LogP contribution < -0.4 is 0 Å². The minimum absolute atomic E-state index is 0.331. The molecule has 0 spiro atoms. The molecule has 0 fully saturated rings. The number of unbranched alkanes of at least 4 members (excludes halogenated alkanes) is 10. The van der Waals surface area contributed by atoms with Gasteiger partial charge in [0.2, 0.25) is 0 Å². The molecule has 0 saturated carbocycles. The summed E-state index contributed by atoms with van der Waals surface area (Å²) in [6.45, 7) is 2.05. The number of carboxylic acids is 1. The first-order valence-corrected chi connectivity index (χ1v) is 9.97. The lowest BCUT2D eigenvalue weighted by Crippen LogP contribution is -2.03. The fourth-order valence-corrected chi connectivity index (χ4v) is 3.12. The molecule has 0 amide bonds. The Kier molecular flexibility index (Phi) is 15.7. The molecule has 0 saturated heterocycles. The molecule has 0 aliphatic rings. The molecule has 0 aromatic heterocycles. The van der Waals surface area contributed by atoms with E-state index >= 15 is 0 Å². The molecule has 1 unspecified atom stereocenters. The molecule has 1 N–H and O–H groups in total. The zero-order chi connectivity index (χ0) is 15.1. The van der Waals surface area contributed by atoms with Crippen LogP contribution in [0.4, 0.5) is 0 Å². The number of halogens is 1. The van der Waals surface area contributed by atoms with E-state index < -0.39 is 5.97 Å². The van der Waals surface area contributed by atoms with Crippen molar-refractivity contribution in [2.24, 2.45) is 5.92 Å². The quantitative estimate of drug-likeness (QED) is 0.203. The third-order valence-electron chi connectivity index (χ3n) is 3.85. The average molecular weight is 396 g/mol. The van der Waals surface area contributed by atoms with Crippen LogP contribution in [0.15, 0.2) is 0 Å². The molecule has 120 valence electrons. The number of carbonyl (C=O) groups is 1. The minimum Gasteiger partial charge on any atom is -0.481 e. The largest absolute Gasteiger partial charge is 0.481 e. The number of hydrogen-bond acceptors (Lipinski definition) is 1. The zero-order valence-electron chi connectivity index (χ0n) is 13.2. The first kappa shape index (κ1) is 20.2. The van der Waals surface area contributed by atoms with E-state index in [1.54, 1.807) is 0 Å². The Hall–Kier alpha value is 0.200. The predicted octanol–water partition coefficient (Wildman–Crippen LogP) is 6.21. The molecule has 0 rings (SSSR count). The lowest BCUT2D eigenvalue weighted by Gasteiger charge is -2.07. The van der Waals surface area contributed by atoms with Crippen LogP contribution in [0.5, 0.6) is 0 Å². The van der Waals surface area contributed by atoms with Gasteiger partial charge in [-0.1, -0.05) is 100 Å². The van der Waals surface area contributed by atoms with Gasteiger partial charge in [0, 0.05) is 6.42 Å². The number of carboxylic acid groups (broad SMARTS) is 1. The number of alkyl halides is 1. The third kappa shape index (κ3) is 16.3. The van der Waals surface area contributed by atoms with Crippen molar-refractivity contribution in [1.29, 1.82) is 0 Å². The van der Waals surface area contributed by atoms with Gasteiger partial charge in [-0.3, -0.25) is 4.79 Å². The van der Waals surface area contributed by atoms with Crippen LogP contribution in [-0.4, -0.2) is 15.5 Å². The van der Waals surface area contributed by atoms with E-state index in [9.17, 15) is 4.79 Å². The van der Waals surface area contributed by atoms with Gasteiger partial charge < -0.3 is 5.11 Å². The maximum atomic E-state index is 10.5. The Morgan fingerprint density at radius 2 is 1.25 bits per heavy atom. The summed E-state index contributed by atoms with van der Waals surface area (Å²) in [4.78, 5) is 10.5. The van der Waals surface area contributed by atoms with Crippen LogP contribution in [0, 0.1) is 5.92 Å². The summed E-state index contributed by atoms with van der Waals surface area (Å²) in [7, 11) is 0. The highest BCUT2D eigenvalue weighted by atomic mass is 127. The van der Waals surface area contributed by atoms with E-state index in [-0.39, 0.29) is 0 Å². The van der Waals surface area contributed by atoms with Crippen molar-refractivity contribution in [3.63, 3.8) is 0 Å². The predicted molar refractivity (Wildman–Crippen MR) is 95.7 cm³/mol. The van der Waals surface area contributed by atoms with E-state index in [1.807, 2.05) is 6.92 Å². The molecular weight excluding hydrogens is 363 g/mol. The van der Waals surface area contributed by atoms with Crippen molar-refractivity contribution in [2.45, 2.75) is 90.4 Å². The molecule has 0 aromatic carbocycles. The van der Waals surface area contributed by atoms with E-state index in [2.05, 4.69) is 22.6 Å². The SMILES string of the molecule is CC(CCCCCCCCCCCCCI)CC(=O)O. The molecule has 0 aliphatic carbocycles. The summed E-state index contributed by atoms with van der Waals surface area (Å²) in [5.41, 5.74) is 0. The first-order valence-electron chi connectivity index (χ1n) is 8.44. The van der Waals surface area contributed by atoms with Crippen molar-refractivity contribution in [1.82, 2.24) is 0 Å². The van der Waals surface area contributed by atoms with Crippen LogP contribution in [0.1, 0.15) is 90.4 Å². The van der Waals surface area contributed by atoms with Gasteiger partial charge in [0.05, 0.1) is 0 Å². The van der Waals surface area contributed by atoms with Crippen LogP contribution in [0.2, 0.25) is 0 Å². The van der Waals surface area contributed by atoms with Gasteiger partial charge in [-0.15, -0.1) is 0 Å². The first-order chi connectivity index (χ1) is 9.66. The standard InChI is InChI=1S/C17H33IO2/c1-16(15-17(19)20)13-11-9-7-5-3-2-4-6-8-10-12-14-18/h16H,2-15H2,1H3,(H,19,20). The highest BCUT2D eigenvalue weighted by Gasteiger charge is 2.06. The van der Waals surface area contributed by atoms with Crippen LogP contribution in [0.25, 0.3) is 0 Å². The van der Waals surface area contributed by atoms with E-state index in [1.165, 1.54) is 75.1 Å². The van der Waals surface area contributed by atoms with Gasteiger partial charge in [-0.25, -0.2) is 0 Å². The Morgan fingerprint density at radius 1 is 0.850 bits per heavy atom. The smallest absolute Gasteiger partial charge is 0.303 e. The highest BCUT2D eigenvalue weighted by Crippen LogP contribution is 2.15. The second-order valence-electron chi connectivity index (χ2n) is 6.07. The van der Waals surface area contributed by atoms with E-state index in [0.717, 1.165) is 6.42 Å². The van der Waals surface area contributed by atoms with Gasteiger partial charge in [0.15, 0.2) is 0 Å². The third-order valence-corrected chi connectivity index (χ3v) is 4.62. The normalized spacial score (nSPS) is 12.5. The Balaban J connectivity index is 3.08. The van der Waals surface area contributed by atoms with Crippen molar-refractivity contribution >= 4 is 28.6 Å². The second kappa shape index (κ2) is 15.6. The molecule has 0 heterocycles. The topological polar surface area (TPSA) is 37.3 Å². The number of rotatable bonds is 15. The molecular formula is C17H33IO2. The Morgan fingerprint density at radius 3 is 1.65 bits per heavy atom. The summed E-state index contributed by atoms with van der Waals surface area (Å²) in [6, 6.07) is 0. The molecule has 0 aromatic rings. The second-order valence-corrected chi connectivity index (χ2v) is 7.15. The Bertz CT molecular complexity index is 219. The van der Waals surface area contributed by atoms with Crippen molar-refractivity contribution < 1.29 is 9.90 Å². The fourth-order valence-electron chi connectivity index (χ4n) is 2.58. The molecule has 0 aliphatic heterocycles. The van der Waals surface area contributed by atoms with Crippen molar-refractivity contribution in [2.75, 3.05) is 4.43 Å². The molecule has 3 heteroatoms. The summed E-state index contributed by atoms with van der Waals surface area (Å²) in [5, 5.41) is 8.67. The summed E-state index contributed by atoms with van der Waals surface area (Å²) in [6.07, 6.45) is 16.4. The highest BCUT2D eigenvalue weighted by molar-refractivity contribution is 14.1. The number of aliphatic carboxylic acids is 1. The van der Waals surface area contributed by atoms with Gasteiger partial charge in [0.25, 0.3) is 0 Å². The number of hydrogen-bond donors (Lipinski definition) is 1. The van der Waals surface area contributed by atoms with Gasteiger partial charge in [0.1, 0.15) is 0 Å². The van der Waals surface area contributed by atoms with Crippen LogP contribution in [-0.2, 0) is 4.79 Å². The monoisotopic (exact) mass is 396 g/mol. The lowest BCUT2D eigenvalue weighted by molar-refractivity contribution is -0.138. The maximum absolute atomic E-state index is 10.5. The van der Waals surface area contributed by atoms with E-state index in [4.69, 9.17) is 5.11 Å². The molecule has 2 nitrogen and oxygen atoms in total. The minimum atomic E-state index is -0.656. The van der Waals surface area contributed by atoms with Crippen LogP contribution in [0.3, 0.4) is 0 Å². The summed E-state index contributed by atoms with van der Waals surface area (Å²) < 4.78 is 1.31. The summed E-state index contributed by atoms with van der Waals surface area (Å²) >= 11 is 2.46. The summed E-state index contributed by atoms with van der Waals surface area (Å²) in [5.74, 6) is -0.314. The van der Waals surface area contributed by atoms with Gasteiger partial charge >= 0.3 is 5.97 Å². The molecule has 1 atom stereocenters. The molecule has 0 radical (unpaired) electrons. The van der Waals surface area contributed by atoms with E-state index in [0.29, 0.717) is 12.3 Å². The molecule has 0 bridgehead atoms. The average Bonchev–Trinajstić information content (AvgIpc) is 2.39. The lowest BCUT2D eigenvalue weighted by atomic mass is 9.99.